The van der Waals surface area contributed by atoms with Crippen molar-refractivity contribution in [2.45, 2.75) is 46.0 Å². The van der Waals surface area contributed by atoms with Gasteiger partial charge in [0, 0.05) is 11.0 Å². The van der Waals surface area contributed by atoms with Crippen molar-refractivity contribution in [1.82, 2.24) is 5.32 Å². The van der Waals surface area contributed by atoms with Crippen LogP contribution in [0.5, 0.6) is 0 Å². The lowest BCUT2D eigenvalue weighted by Crippen LogP contribution is -2.23. The highest BCUT2D eigenvalue weighted by molar-refractivity contribution is 9.13. The van der Waals surface area contributed by atoms with Gasteiger partial charge in [0.15, 0.2) is 0 Å². The fraction of sp³-hybridized carbons (Fsp3) is 0.643. The zero-order valence-corrected chi connectivity index (χ0v) is 15.5. The molecule has 0 spiro atoms. The van der Waals surface area contributed by atoms with E-state index in [1.54, 1.807) is 0 Å². The minimum Gasteiger partial charge on any atom is -0.351 e. The summed E-state index contributed by atoms with van der Waals surface area (Å²) in [5.41, 5.74) is 0. The Morgan fingerprint density at radius 2 is 1.95 bits per heavy atom. The highest BCUT2D eigenvalue weighted by Crippen LogP contribution is 2.32. The van der Waals surface area contributed by atoms with Crippen LogP contribution in [0, 0.1) is 5.92 Å². The van der Waals surface area contributed by atoms with Crippen molar-refractivity contribution in [1.29, 1.82) is 0 Å². The van der Waals surface area contributed by atoms with Crippen molar-refractivity contribution in [3.05, 3.63) is 19.2 Å². The molecular weight excluding hydrogens is 390 g/mol. The Morgan fingerprint density at radius 1 is 1.26 bits per heavy atom. The van der Waals surface area contributed by atoms with Crippen LogP contribution in [-0.2, 0) is 0 Å². The van der Waals surface area contributed by atoms with Gasteiger partial charge >= 0.3 is 0 Å². The van der Waals surface area contributed by atoms with Gasteiger partial charge in [-0.05, 0) is 50.3 Å². The first-order chi connectivity index (χ1) is 9.00. The molecule has 1 aromatic rings. The molecule has 19 heavy (non-hydrogen) atoms. The van der Waals surface area contributed by atoms with E-state index < -0.39 is 0 Å². The fourth-order valence-electron chi connectivity index (χ4n) is 1.78. The monoisotopic (exact) mass is 409 g/mol. The van der Waals surface area contributed by atoms with Crippen LogP contribution in [0.15, 0.2) is 14.3 Å². The number of halogens is 2. The van der Waals surface area contributed by atoms with Crippen LogP contribution >= 0.6 is 43.2 Å². The number of hydrogen-bond donors (Lipinski definition) is 1. The Hall–Kier alpha value is 0.130. The summed E-state index contributed by atoms with van der Waals surface area (Å²) in [6, 6.07) is 1.85. The van der Waals surface area contributed by atoms with E-state index >= 15 is 0 Å². The fourth-order valence-corrected chi connectivity index (χ4v) is 3.73. The summed E-state index contributed by atoms with van der Waals surface area (Å²) in [6.07, 6.45) is 6.15. The van der Waals surface area contributed by atoms with E-state index in [1.807, 2.05) is 6.07 Å². The maximum atomic E-state index is 11.8. The maximum absolute atomic E-state index is 11.8. The summed E-state index contributed by atoms with van der Waals surface area (Å²) in [5.74, 6) is 0.828. The van der Waals surface area contributed by atoms with E-state index in [0.717, 1.165) is 32.0 Å². The van der Waals surface area contributed by atoms with Gasteiger partial charge < -0.3 is 5.32 Å². The molecular formula is C14H21Br2NOS. The predicted molar refractivity (Wildman–Crippen MR) is 90.0 cm³/mol. The number of amides is 1. The Bertz CT molecular complexity index is 385. The van der Waals surface area contributed by atoms with E-state index in [9.17, 15) is 4.79 Å². The highest BCUT2D eigenvalue weighted by Gasteiger charge is 2.11. The first-order valence-corrected chi connectivity index (χ1v) is 9.14. The molecule has 0 unspecified atom stereocenters. The van der Waals surface area contributed by atoms with Crippen LogP contribution < -0.4 is 5.32 Å². The van der Waals surface area contributed by atoms with E-state index in [2.05, 4.69) is 51.0 Å². The number of unbranched alkanes of at least 4 members (excludes halogenated alkanes) is 3. The second kappa shape index (κ2) is 9.14. The third-order valence-corrected chi connectivity index (χ3v) is 6.12. The second-order valence-electron chi connectivity index (χ2n) is 5.08. The predicted octanol–water partition coefficient (Wildman–Crippen LogP) is 5.61. The van der Waals surface area contributed by atoms with Crippen molar-refractivity contribution < 1.29 is 4.79 Å². The molecule has 0 atom stereocenters. The van der Waals surface area contributed by atoms with Gasteiger partial charge in [0.1, 0.15) is 0 Å². The molecule has 1 N–H and O–H groups in total. The van der Waals surface area contributed by atoms with Crippen molar-refractivity contribution in [2.24, 2.45) is 5.92 Å². The molecule has 1 amide bonds. The molecule has 0 fully saturated rings. The van der Waals surface area contributed by atoms with E-state index in [-0.39, 0.29) is 5.91 Å². The van der Waals surface area contributed by atoms with Gasteiger partial charge in [-0.15, -0.1) is 11.3 Å². The molecule has 1 aromatic heterocycles. The summed E-state index contributed by atoms with van der Waals surface area (Å²) >= 11 is 8.24. The molecule has 0 aliphatic heterocycles. The lowest BCUT2D eigenvalue weighted by molar-refractivity contribution is 0.0957. The van der Waals surface area contributed by atoms with Gasteiger partial charge in [0.25, 0.3) is 5.91 Å². The minimum atomic E-state index is 0.0265. The van der Waals surface area contributed by atoms with E-state index in [0.29, 0.717) is 0 Å². The van der Waals surface area contributed by atoms with Crippen LogP contribution in [-0.4, -0.2) is 12.5 Å². The molecule has 0 radical (unpaired) electrons. The number of thiophene rings is 1. The van der Waals surface area contributed by atoms with Crippen LogP contribution in [0.3, 0.4) is 0 Å². The van der Waals surface area contributed by atoms with Gasteiger partial charge in [-0.2, -0.15) is 0 Å². The van der Waals surface area contributed by atoms with E-state index in [4.69, 9.17) is 0 Å². The molecule has 0 bridgehead atoms. The van der Waals surface area contributed by atoms with Crippen molar-refractivity contribution in [3.63, 3.8) is 0 Å². The van der Waals surface area contributed by atoms with Gasteiger partial charge in [0.05, 0.1) is 8.66 Å². The average Bonchev–Trinajstić information content (AvgIpc) is 2.68. The Kier molecular flexibility index (Phi) is 8.26. The van der Waals surface area contributed by atoms with Gasteiger partial charge in [-0.1, -0.05) is 39.5 Å². The zero-order valence-electron chi connectivity index (χ0n) is 11.5. The Balaban J connectivity index is 2.11. The molecule has 2 nitrogen and oxygen atoms in total. The van der Waals surface area contributed by atoms with Gasteiger partial charge in [0.2, 0.25) is 0 Å². The smallest absolute Gasteiger partial charge is 0.261 e. The highest BCUT2D eigenvalue weighted by atomic mass is 79.9. The summed E-state index contributed by atoms with van der Waals surface area (Å²) in [7, 11) is 0. The maximum Gasteiger partial charge on any atom is 0.261 e. The number of hydrogen-bond acceptors (Lipinski definition) is 2. The normalized spacial score (nSPS) is 11.0. The minimum absolute atomic E-state index is 0.0265. The molecule has 0 aromatic carbocycles. The van der Waals surface area contributed by atoms with Crippen molar-refractivity contribution >= 4 is 49.1 Å². The molecule has 0 saturated carbocycles. The summed E-state index contributed by atoms with van der Waals surface area (Å²) < 4.78 is 1.91. The van der Waals surface area contributed by atoms with Gasteiger partial charge in [-0.3, -0.25) is 4.79 Å². The molecule has 5 heteroatoms. The van der Waals surface area contributed by atoms with Crippen molar-refractivity contribution in [2.75, 3.05) is 6.54 Å². The van der Waals surface area contributed by atoms with Crippen molar-refractivity contribution in [3.8, 4) is 0 Å². The molecule has 0 saturated heterocycles. The lowest BCUT2D eigenvalue weighted by atomic mass is 10.0. The molecule has 1 rings (SSSR count). The van der Waals surface area contributed by atoms with Gasteiger partial charge in [-0.25, -0.2) is 0 Å². The first kappa shape index (κ1) is 17.2. The quantitative estimate of drug-likeness (QED) is 0.554. The van der Waals surface area contributed by atoms with Crippen LogP contribution in [0.25, 0.3) is 0 Å². The lowest BCUT2D eigenvalue weighted by Gasteiger charge is -2.05. The number of carbonyl (C=O) groups is 1. The number of nitrogens with one attached hydrogen (secondary N) is 1. The standard InChI is InChI=1S/C14H21Br2NOS/c1-10(2)7-5-3-4-6-8-17-14(18)12-9-11(15)13(16)19-12/h9-10H,3-8H2,1-2H3,(H,17,18). The summed E-state index contributed by atoms with van der Waals surface area (Å²) in [5, 5.41) is 2.97. The molecule has 108 valence electrons. The largest absolute Gasteiger partial charge is 0.351 e. The number of carbonyl (C=O) groups excluding carboxylic acids is 1. The Labute approximate surface area is 136 Å². The average molecular weight is 411 g/mol. The summed E-state index contributed by atoms with van der Waals surface area (Å²) in [6.45, 7) is 5.29. The molecule has 0 aliphatic rings. The molecule has 0 aliphatic carbocycles. The molecule has 1 heterocycles. The SMILES string of the molecule is CC(C)CCCCCCNC(=O)c1cc(Br)c(Br)s1. The van der Waals surface area contributed by atoms with Crippen LogP contribution in [0.4, 0.5) is 0 Å². The first-order valence-electron chi connectivity index (χ1n) is 6.73. The summed E-state index contributed by atoms with van der Waals surface area (Å²) in [4.78, 5) is 12.6. The topological polar surface area (TPSA) is 29.1 Å². The number of rotatable bonds is 8. The zero-order chi connectivity index (χ0) is 14.3. The van der Waals surface area contributed by atoms with Crippen LogP contribution in [0.2, 0.25) is 0 Å². The third kappa shape index (κ3) is 6.91. The van der Waals surface area contributed by atoms with E-state index in [1.165, 1.54) is 37.0 Å². The Morgan fingerprint density at radius 3 is 2.53 bits per heavy atom. The van der Waals surface area contributed by atoms with Crippen LogP contribution in [0.1, 0.15) is 55.6 Å². The third-order valence-electron chi connectivity index (χ3n) is 2.86. The second-order valence-corrected chi connectivity index (χ2v) is 8.31.